The number of carbonyl (C=O) groups excluding carboxylic acids is 1. The van der Waals surface area contributed by atoms with E-state index in [4.69, 9.17) is 4.74 Å². The minimum Gasteiger partial charge on any atom is -0.491 e. The molecule has 0 aliphatic carbocycles. The molecule has 5 heteroatoms. The van der Waals surface area contributed by atoms with E-state index in [9.17, 15) is 9.90 Å². The lowest BCUT2D eigenvalue weighted by atomic mass is 9.97. The number of aliphatic hydroxyl groups excluding tert-OH is 1. The van der Waals surface area contributed by atoms with Crippen LogP contribution in [0.15, 0.2) is 24.3 Å². The van der Waals surface area contributed by atoms with Crippen molar-refractivity contribution < 1.29 is 19.4 Å². The Morgan fingerprint density at radius 2 is 1.87 bits per heavy atom. The molecule has 1 aromatic carbocycles. The SMILES string of the molecule is COC(=O)c1ccc(OCC(O)CN2C(C)CCCC2C)cc1. The van der Waals surface area contributed by atoms with Crippen LogP contribution in [0.4, 0.5) is 0 Å². The van der Waals surface area contributed by atoms with Crippen LogP contribution in [-0.2, 0) is 4.74 Å². The van der Waals surface area contributed by atoms with Crippen molar-refractivity contribution in [2.24, 2.45) is 0 Å². The number of nitrogens with zero attached hydrogens (tertiary/aromatic N) is 1. The summed E-state index contributed by atoms with van der Waals surface area (Å²) in [7, 11) is 1.35. The van der Waals surface area contributed by atoms with Crippen molar-refractivity contribution in [3.05, 3.63) is 29.8 Å². The van der Waals surface area contributed by atoms with Gasteiger partial charge in [0.2, 0.25) is 0 Å². The molecule has 23 heavy (non-hydrogen) atoms. The summed E-state index contributed by atoms with van der Waals surface area (Å²) in [5.74, 6) is 0.265. The van der Waals surface area contributed by atoms with E-state index in [1.54, 1.807) is 24.3 Å². The van der Waals surface area contributed by atoms with Crippen molar-refractivity contribution in [2.75, 3.05) is 20.3 Å². The normalized spacial score (nSPS) is 23.3. The van der Waals surface area contributed by atoms with Crippen LogP contribution in [-0.4, -0.2) is 54.4 Å². The van der Waals surface area contributed by atoms with Gasteiger partial charge in [-0.05, 0) is 51.0 Å². The van der Waals surface area contributed by atoms with E-state index in [0.29, 0.717) is 29.9 Å². The fourth-order valence-electron chi connectivity index (χ4n) is 3.13. The monoisotopic (exact) mass is 321 g/mol. The third kappa shape index (κ3) is 4.94. The molecule has 3 atom stereocenters. The van der Waals surface area contributed by atoms with Gasteiger partial charge in [-0.25, -0.2) is 4.79 Å². The van der Waals surface area contributed by atoms with Gasteiger partial charge in [-0.1, -0.05) is 6.42 Å². The van der Waals surface area contributed by atoms with Gasteiger partial charge >= 0.3 is 5.97 Å². The molecule has 1 fully saturated rings. The molecule has 0 bridgehead atoms. The first-order valence-corrected chi connectivity index (χ1v) is 8.26. The van der Waals surface area contributed by atoms with Crippen molar-refractivity contribution >= 4 is 5.97 Å². The summed E-state index contributed by atoms with van der Waals surface area (Å²) in [6, 6.07) is 7.75. The molecular weight excluding hydrogens is 294 g/mol. The van der Waals surface area contributed by atoms with Crippen LogP contribution in [0.1, 0.15) is 43.5 Å². The topological polar surface area (TPSA) is 59.0 Å². The zero-order valence-corrected chi connectivity index (χ0v) is 14.2. The zero-order valence-electron chi connectivity index (χ0n) is 14.2. The maximum absolute atomic E-state index is 11.4. The van der Waals surface area contributed by atoms with Crippen molar-refractivity contribution in [1.82, 2.24) is 4.90 Å². The van der Waals surface area contributed by atoms with E-state index >= 15 is 0 Å². The number of rotatable bonds is 6. The number of aliphatic hydroxyl groups is 1. The molecule has 0 saturated carbocycles. The zero-order chi connectivity index (χ0) is 16.8. The number of hydrogen-bond acceptors (Lipinski definition) is 5. The molecule has 0 spiro atoms. The summed E-state index contributed by atoms with van der Waals surface area (Å²) in [6.45, 7) is 5.31. The molecule has 1 heterocycles. The quantitative estimate of drug-likeness (QED) is 0.816. The summed E-state index contributed by atoms with van der Waals surface area (Å²) < 4.78 is 10.3. The maximum Gasteiger partial charge on any atom is 0.337 e. The number of piperidine rings is 1. The smallest absolute Gasteiger partial charge is 0.337 e. The lowest BCUT2D eigenvalue weighted by Crippen LogP contribution is -2.48. The first kappa shape index (κ1) is 17.8. The van der Waals surface area contributed by atoms with Crippen molar-refractivity contribution in [1.29, 1.82) is 0 Å². The maximum atomic E-state index is 11.4. The van der Waals surface area contributed by atoms with Gasteiger partial charge in [-0.3, -0.25) is 4.90 Å². The Kier molecular flexibility index (Phi) is 6.42. The number of benzene rings is 1. The molecule has 1 N–H and O–H groups in total. The van der Waals surface area contributed by atoms with Gasteiger partial charge in [0.15, 0.2) is 0 Å². The van der Waals surface area contributed by atoms with E-state index in [1.807, 2.05) is 0 Å². The molecule has 0 radical (unpaired) electrons. The van der Waals surface area contributed by atoms with Crippen molar-refractivity contribution in [3.63, 3.8) is 0 Å². The fraction of sp³-hybridized carbons (Fsp3) is 0.611. The average Bonchev–Trinajstić information content (AvgIpc) is 2.56. The molecule has 5 nitrogen and oxygen atoms in total. The predicted molar refractivity (Wildman–Crippen MR) is 88.8 cm³/mol. The molecule has 0 aromatic heterocycles. The van der Waals surface area contributed by atoms with E-state index < -0.39 is 6.10 Å². The van der Waals surface area contributed by atoms with E-state index in [1.165, 1.54) is 26.4 Å². The van der Waals surface area contributed by atoms with Crippen LogP contribution in [0, 0.1) is 0 Å². The third-order valence-corrected chi connectivity index (χ3v) is 4.52. The van der Waals surface area contributed by atoms with Gasteiger partial charge in [-0.15, -0.1) is 0 Å². The number of β-amino-alcohol motifs (C(OH)–C–C–N with tert-alkyl or cyclic N) is 1. The summed E-state index contributed by atoms with van der Waals surface area (Å²) in [5.41, 5.74) is 0.483. The van der Waals surface area contributed by atoms with Crippen LogP contribution in [0.3, 0.4) is 0 Å². The molecule has 1 aromatic rings. The van der Waals surface area contributed by atoms with Gasteiger partial charge in [0.05, 0.1) is 12.7 Å². The molecule has 1 saturated heterocycles. The molecule has 1 aliphatic rings. The highest BCUT2D eigenvalue weighted by Crippen LogP contribution is 2.22. The second-order valence-electron chi connectivity index (χ2n) is 6.31. The minimum absolute atomic E-state index is 0.244. The Labute approximate surface area is 138 Å². The van der Waals surface area contributed by atoms with Gasteiger partial charge in [0, 0.05) is 18.6 Å². The number of likely N-dealkylation sites (tertiary alicyclic amines) is 1. The van der Waals surface area contributed by atoms with Gasteiger partial charge in [0.1, 0.15) is 18.5 Å². The molecular formula is C18H27NO4. The van der Waals surface area contributed by atoms with E-state index in [2.05, 4.69) is 23.5 Å². The van der Waals surface area contributed by atoms with Gasteiger partial charge < -0.3 is 14.6 Å². The molecule has 128 valence electrons. The van der Waals surface area contributed by atoms with Gasteiger partial charge in [0.25, 0.3) is 0 Å². The van der Waals surface area contributed by atoms with Crippen LogP contribution in [0.2, 0.25) is 0 Å². The van der Waals surface area contributed by atoms with Crippen LogP contribution in [0.25, 0.3) is 0 Å². The molecule has 1 aliphatic heterocycles. The van der Waals surface area contributed by atoms with Gasteiger partial charge in [-0.2, -0.15) is 0 Å². The second-order valence-corrected chi connectivity index (χ2v) is 6.31. The average molecular weight is 321 g/mol. The molecule has 2 rings (SSSR count). The van der Waals surface area contributed by atoms with E-state index in [0.717, 1.165) is 0 Å². The van der Waals surface area contributed by atoms with Crippen LogP contribution < -0.4 is 4.74 Å². The number of carbonyl (C=O) groups is 1. The van der Waals surface area contributed by atoms with E-state index in [-0.39, 0.29) is 12.6 Å². The molecule has 0 amide bonds. The number of hydrogen-bond donors (Lipinski definition) is 1. The number of ether oxygens (including phenoxy) is 2. The summed E-state index contributed by atoms with van der Waals surface area (Å²) in [5, 5.41) is 10.2. The Morgan fingerprint density at radius 3 is 2.43 bits per heavy atom. The minimum atomic E-state index is -0.529. The van der Waals surface area contributed by atoms with Crippen molar-refractivity contribution in [2.45, 2.75) is 51.3 Å². The van der Waals surface area contributed by atoms with Crippen molar-refractivity contribution in [3.8, 4) is 5.75 Å². The summed E-state index contributed by atoms with van der Waals surface area (Å²) in [4.78, 5) is 13.7. The molecule has 3 unspecified atom stereocenters. The first-order valence-electron chi connectivity index (χ1n) is 8.26. The highest BCUT2D eigenvalue weighted by molar-refractivity contribution is 5.89. The summed E-state index contributed by atoms with van der Waals surface area (Å²) in [6.07, 6.45) is 3.11. The number of esters is 1. The standard InChI is InChI=1S/C18H27NO4/c1-13-5-4-6-14(2)19(13)11-16(20)12-23-17-9-7-15(8-10-17)18(21)22-3/h7-10,13-14,16,20H,4-6,11-12H2,1-3H3. The Bertz CT molecular complexity index is 492. The highest BCUT2D eigenvalue weighted by Gasteiger charge is 2.26. The van der Waals surface area contributed by atoms with Crippen LogP contribution in [0.5, 0.6) is 5.75 Å². The lowest BCUT2D eigenvalue weighted by molar-refractivity contribution is 0.0209. The third-order valence-electron chi connectivity index (χ3n) is 4.52. The first-order chi connectivity index (χ1) is 11.0. The Morgan fingerprint density at radius 1 is 1.26 bits per heavy atom. The fourth-order valence-corrected chi connectivity index (χ4v) is 3.13. The summed E-state index contributed by atoms with van der Waals surface area (Å²) >= 11 is 0. The Hall–Kier alpha value is -1.59. The lowest BCUT2D eigenvalue weighted by Gasteiger charge is -2.40. The Balaban J connectivity index is 1.81. The number of methoxy groups -OCH3 is 1. The second kappa shape index (κ2) is 8.31. The predicted octanol–water partition coefficient (Wildman–Crippen LogP) is 2.48. The highest BCUT2D eigenvalue weighted by atomic mass is 16.5. The largest absolute Gasteiger partial charge is 0.491 e. The van der Waals surface area contributed by atoms with Crippen LogP contribution >= 0.6 is 0 Å².